The van der Waals surface area contributed by atoms with Crippen LogP contribution in [-0.4, -0.2) is 24.0 Å². The lowest BCUT2D eigenvalue weighted by atomic mass is 9.85. The summed E-state index contributed by atoms with van der Waals surface area (Å²) in [6, 6.07) is 3.84. The second-order valence-corrected chi connectivity index (χ2v) is 4.52. The van der Waals surface area contributed by atoms with Gasteiger partial charge in [-0.25, -0.2) is 4.98 Å². The molecule has 0 amide bonds. The number of pyridine rings is 1. The van der Waals surface area contributed by atoms with Crippen molar-refractivity contribution in [3.8, 4) is 5.88 Å². The Hall–Kier alpha value is -0.960. The highest BCUT2D eigenvalue weighted by Crippen LogP contribution is 2.31. The molecule has 3 nitrogen and oxygen atoms in total. The van der Waals surface area contributed by atoms with Crippen LogP contribution in [-0.2, 0) is 0 Å². The van der Waals surface area contributed by atoms with E-state index in [1.165, 1.54) is 0 Å². The zero-order valence-electron chi connectivity index (χ0n) is 8.74. The number of halogens is 1. The molecule has 0 aliphatic heterocycles. The molecular weight excluding hydrogens is 212 g/mol. The van der Waals surface area contributed by atoms with Gasteiger partial charge in [0, 0.05) is 29.9 Å². The molecule has 2 rings (SSSR count). The minimum absolute atomic E-state index is 0.392. The highest BCUT2D eigenvalue weighted by molar-refractivity contribution is 6.21. The van der Waals surface area contributed by atoms with Crippen LogP contribution in [0.15, 0.2) is 18.3 Å². The third-order valence-electron chi connectivity index (χ3n) is 2.72. The van der Waals surface area contributed by atoms with Crippen LogP contribution in [0.2, 0.25) is 0 Å². The van der Waals surface area contributed by atoms with Gasteiger partial charge >= 0.3 is 0 Å². The summed E-state index contributed by atoms with van der Waals surface area (Å²) in [6.45, 7) is 0.983. The van der Waals surface area contributed by atoms with Crippen LogP contribution >= 0.6 is 11.6 Å². The van der Waals surface area contributed by atoms with Crippen molar-refractivity contribution in [2.24, 2.45) is 5.92 Å². The largest absolute Gasteiger partial charge is 0.481 e. The van der Waals surface area contributed by atoms with Gasteiger partial charge in [-0.1, -0.05) is 0 Å². The maximum atomic E-state index is 5.92. The van der Waals surface area contributed by atoms with E-state index >= 15 is 0 Å². The first kappa shape index (κ1) is 10.6. The quantitative estimate of drug-likeness (QED) is 0.802. The Bertz CT molecular complexity index is 326. The molecule has 15 heavy (non-hydrogen) atoms. The molecule has 1 aromatic heterocycles. The average Bonchev–Trinajstić information content (AvgIpc) is 2.23. The van der Waals surface area contributed by atoms with Crippen LogP contribution in [0.5, 0.6) is 5.88 Å². The van der Waals surface area contributed by atoms with Gasteiger partial charge in [0.25, 0.3) is 0 Å². The standard InChI is InChI=1S/C11H15ClN2O/c1-15-11-6-10(2-3-13-11)14-7-8-4-9(12)5-8/h2-3,6,8-9H,4-5,7H2,1H3,(H,13,14). The summed E-state index contributed by atoms with van der Waals surface area (Å²) in [4.78, 5) is 4.05. The zero-order valence-corrected chi connectivity index (χ0v) is 9.50. The lowest BCUT2D eigenvalue weighted by Crippen LogP contribution is -2.29. The second-order valence-electron chi connectivity index (χ2n) is 3.90. The highest BCUT2D eigenvalue weighted by atomic mass is 35.5. The van der Waals surface area contributed by atoms with E-state index in [1.54, 1.807) is 13.3 Å². The Morgan fingerprint density at radius 1 is 1.60 bits per heavy atom. The Morgan fingerprint density at radius 2 is 2.40 bits per heavy atom. The van der Waals surface area contributed by atoms with Crippen molar-refractivity contribution in [1.29, 1.82) is 0 Å². The van der Waals surface area contributed by atoms with Gasteiger partial charge < -0.3 is 10.1 Å². The lowest BCUT2D eigenvalue weighted by Gasteiger charge is -2.31. The first-order valence-electron chi connectivity index (χ1n) is 5.16. The molecule has 0 bridgehead atoms. The second kappa shape index (κ2) is 4.71. The van der Waals surface area contributed by atoms with Gasteiger partial charge in [-0.3, -0.25) is 0 Å². The number of nitrogens with zero attached hydrogens (tertiary/aromatic N) is 1. The molecule has 0 radical (unpaired) electrons. The molecule has 1 saturated carbocycles. The predicted molar refractivity (Wildman–Crippen MR) is 61.6 cm³/mol. The van der Waals surface area contributed by atoms with Gasteiger partial charge in [-0.15, -0.1) is 11.6 Å². The summed E-state index contributed by atoms with van der Waals surface area (Å²) in [5.41, 5.74) is 1.06. The van der Waals surface area contributed by atoms with E-state index in [-0.39, 0.29) is 0 Å². The fourth-order valence-electron chi connectivity index (χ4n) is 1.71. The van der Waals surface area contributed by atoms with Crippen molar-refractivity contribution in [2.75, 3.05) is 19.0 Å². The molecule has 1 fully saturated rings. The molecule has 4 heteroatoms. The number of hydrogen-bond acceptors (Lipinski definition) is 3. The fourth-order valence-corrected chi connectivity index (χ4v) is 2.22. The number of alkyl halides is 1. The van der Waals surface area contributed by atoms with Crippen molar-refractivity contribution in [2.45, 2.75) is 18.2 Å². The number of rotatable bonds is 4. The van der Waals surface area contributed by atoms with E-state index in [0.717, 1.165) is 25.1 Å². The van der Waals surface area contributed by atoms with Gasteiger partial charge in [0.15, 0.2) is 0 Å². The minimum atomic E-state index is 0.392. The Morgan fingerprint density at radius 3 is 3.07 bits per heavy atom. The summed E-state index contributed by atoms with van der Waals surface area (Å²) in [5.74, 6) is 1.36. The van der Waals surface area contributed by atoms with Crippen molar-refractivity contribution < 1.29 is 4.74 Å². The summed E-state index contributed by atoms with van der Waals surface area (Å²) < 4.78 is 5.05. The van der Waals surface area contributed by atoms with E-state index in [1.807, 2.05) is 12.1 Å². The molecule has 1 aliphatic rings. The maximum absolute atomic E-state index is 5.92. The lowest BCUT2D eigenvalue weighted by molar-refractivity contribution is 0.341. The Labute approximate surface area is 94.8 Å². The van der Waals surface area contributed by atoms with Gasteiger partial charge in [0.2, 0.25) is 5.88 Å². The third kappa shape index (κ3) is 2.75. The summed E-state index contributed by atoms with van der Waals surface area (Å²) >= 11 is 5.92. The van der Waals surface area contributed by atoms with Crippen LogP contribution in [0.1, 0.15) is 12.8 Å². The van der Waals surface area contributed by atoms with Gasteiger partial charge in [-0.2, -0.15) is 0 Å². The zero-order chi connectivity index (χ0) is 10.7. The van der Waals surface area contributed by atoms with Crippen molar-refractivity contribution in [3.05, 3.63) is 18.3 Å². The van der Waals surface area contributed by atoms with E-state index < -0.39 is 0 Å². The Kier molecular flexibility index (Phi) is 3.31. The third-order valence-corrected chi connectivity index (χ3v) is 3.07. The van der Waals surface area contributed by atoms with Crippen molar-refractivity contribution >= 4 is 17.3 Å². The number of aromatic nitrogens is 1. The van der Waals surface area contributed by atoms with Gasteiger partial charge in [0.1, 0.15) is 0 Å². The van der Waals surface area contributed by atoms with Crippen molar-refractivity contribution in [3.63, 3.8) is 0 Å². The number of ether oxygens (including phenoxy) is 1. The topological polar surface area (TPSA) is 34.1 Å². The number of nitrogens with one attached hydrogen (secondary N) is 1. The molecule has 0 saturated heterocycles. The highest BCUT2D eigenvalue weighted by Gasteiger charge is 2.26. The van der Waals surface area contributed by atoms with Gasteiger partial charge in [-0.05, 0) is 24.8 Å². The Balaban J connectivity index is 1.82. The first-order valence-corrected chi connectivity index (χ1v) is 5.59. The van der Waals surface area contributed by atoms with E-state index in [0.29, 0.717) is 17.2 Å². The maximum Gasteiger partial charge on any atom is 0.214 e. The SMILES string of the molecule is COc1cc(NCC2CC(Cl)C2)ccn1. The molecule has 1 N–H and O–H groups in total. The fraction of sp³-hybridized carbons (Fsp3) is 0.545. The molecule has 1 heterocycles. The summed E-state index contributed by atoms with van der Waals surface area (Å²) in [6.07, 6.45) is 3.99. The monoisotopic (exact) mass is 226 g/mol. The number of methoxy groups -OCH3 is 1. The normalized spacial score (nSPS) is 24.4. The minimum Gasteiger partial charge on any atom is -0.481 e. The molecule has 0 unspecified atom stereocenters. The van der Waals surface area contributed by atoms with Crippen LogP contribution in [0.25, 0.3) is 0 Å². The molecule has 1 aromatic rings. The van der Waals surface area contributed by atoms with Crippen LogP contribution < -0.4 is 10.1 Å². The smallest absolute Gasteiger partial charge is 0.214 e. The number of hydrogen-bond donors (Lipinski definition) is 1. The van der Waals surface area contributed by atoms with E-state index in [2.05, 4.69) is 10.3 Å². The molecular formula is C11H15ClN2O. The average molecular weight is 227 g/mol. The van der Waals surface area contributed by atoms with E-state index in [9.17, 15) is 0 Å². The first-order chi connectivity index (χ1) is 7.28. The molecule has 0 atom stereocenters. The summed E-state index contributed by atoms with van der Waals surface area (Å²) in [5, 5.41) is 3.76. The van der Waals surface area contributed by atoms with Crippen molar-refractivity contribution in [1.82, 2.24) is 4.98 Å². The number of anilines is 1. The molecule has 0 spiro atoms. The predicted octanol–water partition coefficient (Wildman–Crippen LogP) is 2.52. The van der Waals surface area contributed by atoms with Crippen LogP contribution in [0, 0.1) is 5.92 Å². The molecule has 82 valence electrons. The molecule has 0 aromatic carbocycles. The van der Waals surface area contributed by atoms with Gasteiger partial charge in [0.05, 0.1) is 7.11 Å². The van der Waals surface area contributed by atoms with Crippen LogP contribution in [0.3, 0.4) is 0 Å². The summed E-state index contributed by atoms with van der Waals surface area (Å²) in [7, 11) is 1.62. The van der Waals surface area contributed by atoms with E-state index in [4.69, 9.17) is 16.3 Å². The molecule has 1 aliphatic carbocycles. The van der Waals surface area contributed by atoms with Crippen LogP contribution in [0.4, 0.5) is 5.69 Å².